The van der Waals surface area contributed by atoms with Crippen LogP contribution >= 0.6 is 34.8 Å². The van der Waals surface area contributed by atoms with Gasteiger partial charge in [-0.1, -0.05) is 80.5 Å². The van der Waals surface area contributed by atoms with Crippen molar-refractivity contribution in [1.29, 1.82) is 0 Å². The molecule has 0 saturated carbocycles. The van der Waals surface area contributed by atoms with Gasteiger partial charge in [-0.05, 0) is 81.5 Å². The molecule has 0 unspecified atom stereocenters. The fraction of sp³-hybridized carbons (Fsp3) is 0.371. The highest BCUT2D eigenvalue weighted by atomic mass is 35.5. The number of carbonyl (C=O) groups excluding carboxylic acids is 2. The van der Waals surface area contributed by atoms with Gasteiger partial charge >= 0.3 is 11.9 Å². The van der Waals surface area contributed by atoms with Crippen molar-refractivity contribution in [2.75, 3.05) is 27.4 Å². The van der Waals surface area contributed by atoms with Crippen LogP contribution in [-0.4, -0.2) is 69.1 Å². The Morgan fingerprint density at radius 2 is 1.21 bits per heavy atom. The van der Waals surface area contributed by atoms with Crippen molar-refractivity contribution in [2.24, 2.45) is 10.3 Å². The lowest BCUT2D eigenvalue weighted by Crippen LogP contribution is -2.22. The van der Waals surface area contributed by atoms with Crippen LogP contribution in [0.1, 0.15) is 63.1 Å². The Kier molecular flexibility index (Phi) is 19.3. The van der Waals surface area contributed by atoms with E-state index < -0.39 is 18.0 Å². The molecule has 13 heteroatoms. The van der Waals surface area contributed by atoms with Crippen LogP contribution in [0.2, 0.25) is 15.1 Å². The van der Waals surface area contributed by atoms with E-state index in [0.717, 1.165) is 11.1 Å². The molecular formula is C35H41Cl3N2O8. The fourth-order valence-electron chi connectivity index (χ4n) is 3.85. The number of oxime groups is 2. The average molecular weight is 724 g/mol. The molecule has 0 fully saturated rings. The molecule has 3 rings (SSSR count). The van der Waals surface area contributed by atoms with Crippen molar-refractivity contribution in [3.63, 3.8) is 0 Å². The van der Waals surface area contributed by atoms with Crippen LogP contribution in [0.15, 0.2) is 71.0 Å². The largest absolute Gasteiger partial charge is 0.459 e. The molecule has 0 aliphatic rings. The second-order valence-electron chi connectivity index (χ2n) is 10.5. The maximum atomic E-state index is 12.3. The second-order valence-corrected chi connectivity index (χ2v) is 11.7. The molecule has 0 amide bonds. The van der Waals surface area contributed by atoms with Gasteiger partial charge in [-0.15, -0.1) is 0 Å². The Morgan fingerprint density at radius 1 is 0.729 bits per heavy atom. The quantitative estimate of drug-likeness (QED) is 0.0643. The molecule has 0 saturated heterocycles. The highest BCUT2D eigenvalue weighted by molar-refractivity contribution is 6.43. The summed E-state index contributed by atoms with van der Waals surface area (Å²) >= 11 is 18.2. The third-order valence-electron chi connectivity index (χ3n) is 6.55. The number of halogens is 3. The lowest BCUT2D eigenvalue weighted by molar-refractivity contribution is -0.0178. The summed E-state index contributed by atoms with van der Waals surface area (Å²) in [4.78, 5) is 33.1. The predicted molar refractivity (Wildman–Crippen MR) is 188 cm³/mol. The van der Waals surface area contributed by atoms with Gasteiger partial charge in [0.25, 0.3) is 0 Å². The summed E-state index contributed by atoms with van der Waals surface area (Å²) in [6.07, 6.45) is 4.33. The highest BCUT2D eigenvalue weighted by Gasteiger charge is 2.16. The molecule has 0 aliphatic heterocycles. The van der Waals surface area contributed by atoms with E-state index in [-0.39, 0.29) is 25.9 Å². The number of aliphatic hydroxyl groups is 1. The second kappa shape index (κ2) is 22.8. The Balaban J connectivity index is 0.000000365. The molecule has 260 valence electrons. The van der Waals surface area contributed by atoms with Crippen LogP contribution in [0.3, 0.4) is 0 Å². The number of aliphatic hydroxyl groups excluding tert-OH is 1. The van der Waals surface area contributed by atoms with Crippen LogP contribution in [-0.2, 0) is 30.5 Å². The maximum Gasteiger partial charge on any atom is 0.338 e. The van der Waals surface area contributed by atoms with Crippen molar-refractivity contribution in [1.82, 2.24) is 0 Å². The third-order valence-corrected chi connectivity index (χ3v) is 7.63. The van der Waals surface area contributed by atoms with Crippen LogP contribution in [0.5, 0.6) is 0 Å². The van der Waals surface area contributed by atoms with E-state index in [1.807, 2.05) is 38.1 Å². The molecule has 10 nitrogen and oxygen atoms in total. The predicted octanol–water partition coefficient (Wildman–Crippen LogP) is 8.03. The average Bonchev–Trinajstić information content (AvgIpc) is 3.07. The molecule has 0 aliphatic carbocycles. The van der Waals surface area contributed by atoms with Crippen molar-refractivity contribution in [3.8, 4) is 0 Å². The van der Waals surface area contributed by atoms with Crippen LogP contribution in [0, 0.1) is 13.8 Å². The van der Waals surface area contributed by atoms with Gasteiger partial charge in [0.05, 0.1) is 40.0 Å². The maximum absolute atomic E-state index is 12.3. The summed E-state index contributed by atoms with van der Waals surface area (Å²) in [7, 11) is 2.93. The van der Waals surface area contributed by atoms with Gasteiger partial charge in [0.1, 0.15) is 27.4 Å². The first-order valence-corrected chi connectivity index (χ1v) is 16.2. The molecule has 3 aromatic rings. The van der Waals surface area contributed by atoms with E-state index >= 15 is 0 Å². The molecule has 1 N–H and O–H groups in total. The smallest absolute Gasteiger partial charge is 0.338 e. The number of hydrogen-bond donors (Lipinski definition) is 1. The van der Waals surface area contributed by atoms with Crippen molar-refractivity contribution < 1.29 is 38.6 Å². The van der Waals surface area contributed by atoms with E-state index in [0.29, 0.717) is 57.4 Å². The van der Waals surface area contributed by atoms with Gasteiger partial charge in [-0.25, -0.2) is 9.59 Å². The van der Waals surface area contributed by atoms with Crippen LogP contribution < -0.4 is 0 Å². The summed E-state index contributed by atoms with van der Waals surface area (Å²) in [5.41, 5.74) is 3.82. The minimum Gasteiger partial charge on any atom is -0.459 e. The number of ether oxygens (including phenoxy) is 3. The summed E-state index contributed by atoms with van der Waals surface area (Å²) in [6, 6.07) is 17.5. The van der Waals surface area contributed by atoms with Crippen molar-refractivity contribution in [2.45, 2.75) is 58.3 Å². The van der Waals surface area contributed by atoms with Crippen molar-refractivity contribution in [3.05, 3.63) is 104 Å². The van der Waals surface area contributed by atoms with E-state index in [2.05, 4.69) is 20.0 Å². The summed E-state index contributed by atoms with van der Waals surface area (Å²) in [5.74, 6) is -0.832. The topological polar surface area (TPSA) is 125 Å². The Morgan fingerprint density at radius 3 is 1.73 bits per heavy atom. The first kappa shape index (κ1) is 40.5. The molecule has 0 radical (unpaired) electrons. The Bertz CT molecular complexity index is 1470. The number of benzene rings is 3. The van der Waals surface area contributed by atoms with E-state index in [1.165, 1.54) is 14.2 Å². The van der Waals surface area contributed by atoms with Gasteiger partial charge in [-0.3, -0.25) is 0 Å². The van der Waals surface area contributed by atoms with Crippen molar-refractivity contribution >= 4 is 59.2 Å². The van der Waals surface area contributed by atoms with Gasteiger partial charge in [0.2, 0.25) is 0 Å². The summed E-state index contributed by atoms with van der Waals surface area (Å²) in [5, 5.41) is 18.1. The minimum absolute atomic E-state index is 0.0203. The Labute approximate surface area is 296 Å². The number of nitrogens with zero attached hydrogens (tertiary/aromatic N) is 2. The van der Waals surface area contributed by atoms with Gasteiger partial charge < -0.3 is 29.0 Å². The summed E-state index contributed by atoms with van der Waals surface area (Å²) < 4.78 is 16.4. The molecule has 0 bridgehead atoms. The number of esters is 2. The van der Waals surface area contributed by atoms with Gasteiger partial charge in [0, 0.05) is 17.5 Å². The molecular weight excluding hydrogens is 683 g/mol. The first-order chi connectivity index (χ1) is 23.0. The fourth-order valence-corrected chi connectivity index (χ4v) is 4.47. The van der Waals surface area contributed by atoms with Crippen LogP contribution in [0.4, 0.5) is 0 Å². The van der Waals surface area contributed by atoms with Crippen LogP contribution in [0.25, 0.3) is 0 Å². The highest BCUT2D eigenvalue weighted by Crippen LogP contribution is 2.29. The molecule has 0 spiro atoms. The summed E-state index contributed by atoms with van der Waals surface area (Å²) in [6.45, 7) is 4.17. The van der Waals surface area contributed by atoms with E-state index in [1.54, 1.807) is 48.8 Å². The Hall–Kier alpha value is -3.67. The zero-order chi connectivity index (χ0) is 35.3. The lowest BCUT2D eigenvalue weighted by atomic mass is 10.1. The SMILES string of the molecule is CON=CCC[C@@H](COC(=O)c1ccc(C)cc1)OCc1cc(Cl)c(Cl)cc1Cl.CON=CCC[C@H](O)COC(=O)c1ccc(C)cc1. The van der Waals surface area contributed by atoms with Gasteiger partial charge in [-0.2, -0.15) is 0 Å². The van der Waals surface area contributed by atoms with E-state index in [9.17, 15) is 14.7 Å². The molecule has 3 aromatic carbocycles. The monoisotopic (exact) mass is 722 g/mol. The number of carbonyl (C=O) groups is 2. The molecule has 2 atom stereocenters. The van der Waals surface area contributed by atoms with E-state index in [4.69, 9.17) is 49.0 Å². The van der Waals surface area contributed by atoms with Gasteiger partial charge in [0.15, 0.2) is 0 Å². The standard InChI is InChI=1S/C21H22Cl3NO4.C14H19NO4/c1-14-5-7-15(8-6-14)21(26)29-13-17(4-3-9-25-27-2)28-12-16-10-19(23)20(24)11-18(16)22;1-11-5-7-12(8-6-11)14(17)19-10-13(16)4-3-9-15-18-2/h5-11,17H,3-4,12-13H2,1-2H3;5-9,13,16H,3-4,10H2,1-2H3/t17-;13-/m00/s1. The first-order valence-electron chi connectivity index (χ1n) is 15.0. The minimum atomic E-state index is -0.697. The zero-order valence-corrected chi connectivity index (χ0v) is 29.6. The number of rotatable bonds is 17. The third kappa shape index (κ3) is 16.0. The molecule has 0 heterocycles. The number of aryl methyl sites for hydroxylation is 2. The molecule has 48 heavy (non-hydrogen) atoms. The number of hydrogen-bond acceptors (Lipinski definition) is 10. The molecule has 0 aromatic heterocycles. The normalized spacial score (nSPS) is 12.2. The zero-order valence-electron chi connectivity index (χ0n) is 27.4. The lowest BCUT2D eigenvalue weighted by Gasteiger charge is -2.18.